The third-order valence-corrected chi connectivity index (χ3v) is 3.65. The molecule has 4 nitrogen and oxygen atoms in total. The highest BCUT2D eigenvalue weighted by Crippen LogP contribution is 2.14. The average Bonchev–Trinajstić information content (AvgIpc) is 2.35. The maximum Gasteiger partial charge on any atom is 0.0543 e. The lowest BCUT2D eigenvalue weighted by atomic mass is 10.1. The largest absolute Gasteiger partial charge is 0.329 e. The lowest BCUT2D eigenvalue weighted by molar-refractivity contribution is 0.0504. The number of aromatic nitrogens is 1. The van der Waals surface area contributed by atoms with Crippen molar-refractivity contribution < 1.29 is 0 Å². The first-order chi connectivity index (χ1) is 8.20. The molecular weight excluding hydrogens is 212 g/mol. The van der Waals surface area contributed by atoms with Crippen molar-refractivity contribution in [2.75, 3.05) is 26.7 Å². The maximum atomic E-state index is 5.83. The smallest absolute Gasteiger partial charge is 0.0543 e. The van der Waals surface area contributed by atoms with E-state index in [1.54, 1.807) is 0 Å². The summed E-state index contributed by atoms with van der Waals surface area (Å²) in [5.74, 6) is 0. The zero-order valence-corrected chi connectivity index (χ0v) is 10.7. The van der Waals surface area contributed by atoms with Gasteiger partial charge in [-0.2, -0.15) is 0 Å². The number of nitrogens with two attached hydrogens (primary N) is 1. The van der Waals surface area contributed by atoms with Gasteiger partial charge in [-0.3, -0.25) is 14.8 Å². The lowest BCUT2D eigenvalue weighted by Gasteiger charge is -2.43. The van der Waals surface area contributed by atoms with Gasteiger partial charge in [-0.15, -0.1) is 0 Å². The molecule has 4 heteroatoms. The SMILES string of the molecule is CC1CN(Cc2ccccn2)CC(CN)N1C. The first-order valence-corrected chi connectivity index (χ1v) is 6.25. The summed E-state index contributed by atoms with van der Waals surface area (Å²) in [7, 11) is 2.17. The van der Waals surface area contributed by atoms with Crippen molar-refractivity contribution >= 4 is 0 Å². The zero-order chi connectivity index (χ0) is 12.3. The van der Waals surface area contributed by atoms with Crippen LogP contribution in [0.4, 0.5) is 0 Å². The standard InChI is InChI=1S/C13H22N4/c1-11-8-17(10-13(7-14)16(11)2)9-12-5-3-4-6-15-12/h3-6,11,13H,7-10,14H2,1-2H3. The minimum Gasteiger partial charge on any atom is -0.329 e. The summed E-state index contributed by atoms with van der Waals surface area (Å²) < 4.78 is 0. The Morgan fingerprint density at radius 3 is 2.88 bits per heavy atom. The summed E-state index contributed by atoms with van der Waals surface area (Å²) in [5.41, 5.74) is 6.97. The van der Waals surface area contributed by atoms with Gasteiger partial charge in [0.25, 0.3) is 0 Å². The highest BCUT2D eigenvalue weighted by atomic mass is 15.3. The molecule has 2 N–H and O–H groups in total. The Morgan fingerprint density at radius 2 is 2.24 bits per heavy atom. The average molecular weight is 234 g/mol. The highest BCUT2D eigenvalue weighted by molar-refractivity contribution is 5.04. The van der Waals surface area contributed by atoms with Crippen LogP contribution in [0.5, 0.6) is 0 Å². The van der Waals surface area contributed by atoms with Crippen LogP contribution in [0.3, 0.4) is 0 Å². The summed E-state index contributed by atoms with van der Waals surface area (Å²) in [5, 5.41) is 0. The summed E-state index contributed by atoms with van der Waals surface area (Å²) in [4.78, 5) is 9.21. The number of nitrogens with zero attached hydrogens (tertiary/aromatic N) is 3. The quantitative estimate of drug-likeness (QED) is 0.829. The Hall–Kier alpha value is -0.970. The second-order valence-electron chi connectivity index (χ2n) is 4.92. The van der Waals surface area contributed by atoms with Gasteiger partial charge >= 0.3 is 0 Å². The molecule has 0 aliphatic carbocycles. The van der Waals surface area contributed by atoms with Crippen LogP contribution in [0.25, 0.3) is 0 Å². The molecule has 0 radical (unpaired) electrons. The van der Waals surface area contributed by atoms with E-state index in [4.69, 9.17) is 5.73 Å². The van der Waals surface area contributed by atoms with Gasteiger partial charge in [0.15, 0.2) is 0 Å². The van der Waals surface area contributed by atoms with Crippen LogP contribution in [0.2, 0.25) is 0 Å². The molecule has 1 aromatic heterocycles. The minimum atomic E-state index is 0.461. The Bertz CT molecular complexity index is 341. The van der Waals surface area contributed by atoms with Gasteiger partial charge in [0, 0.05) is 44.5 Å². The molecule has 1 fully saturated rings. The molecule has 2 unspecified atom stereocenters. The van der Waals surface area contributed by atoms with Crippen LogP contribution < -0.4 is 5.73 Å². The van der Waals surface area contributed by atoms with Crippen LogP contribution in [0, 0.1) is 0 Å². The van der Waals surface area contributed by atoms with Crippen LogP contribution in [-0.2, 0) is 6.54 Å². The van der Waals surface area contributed by atoms with Crippen LogP contribution in [-0.4, -0.2) is 53.5 Å². The second kappa shape index (κ2) is 5.58. The van der Waals surface area contributed by atoms with Crippen molar-refractivity contribution in [1.29, 1.82) is 0 Å². The number of pyridine rings is 1. The van der Waals surface area contributed by atoms with E-state index in [1.165, 1.54) is 0 Å². The normalized spacial score (nSPS) is 27.2. The molecule has 1 aliphatic rings. The van der Waals surface area contributed by atoms with Crippen LogP contribution >= 0.6 is 0 Å². The number of hydrogen-bond acceptors (Lipinski definition) is 4. The van der Waals surface area contributed by atoms with E-state index in [0.717, 1.165) is 31.9 Å². The number of likely N-dealkylation sites (N-methyl/N-ethyl adjacent to an activating group) is 1. The van der Waals surface area contributed by atoms with Gasteiger partial charge in [-0.1, -0.05) is 6.07 Å². The summed E-state index contributed by atoms with van der Waals surface area (Å²) in [6.07, 6.45) is 1.86. The van der Waals surface area contributed by atoms with E-state index < -0.39 is 0 Å². The number of hydrogen-bond donors (Lipinski definition) is 1. The highest BCUT2D eigenvalue weighted by Gasteiger charge is 2.28. The van der Waals surface area contributed by atoms with E-state index >= 15 is 0 Å². The maximum absolute atomic E-state index is 5.83. The number of piperazine rings is 1. The van der Waals surface area contributed by atoms with Gasteiger partial charge in [0.2, 0.25) is 0 Å². The van der Waals surface area contributed by atoms with Crippen LogP contribution in [0.15, 0.2) is 24.4 Å². The molecule has 0 bridgehead atoms. The van der Waals surface area contributed by atoms with Gasteiger partial charge in [0.05, 0.1) is 5.69 Å². The molecule has 1 aromatic rings. The Balaban J connectivity index is 1.98. The van der Waals surface area contributed by atoms with Crippen molar-refractivity contribution in [3.63, 3.8) is 0 Å². The molecule has 0 amide bonds. The van der Waals surface area contributed by atoms with Crippen molar-refractivity contribution in [3.8, 4) is 0 Å². The predicted molar refractivity (Wildman–Crippen MR) is 69.6 cm³/mol. The van der Waals surface area contributed by atoms with Gasteiger partial charge in [-0.05, 0) is 26.1 Å². The van der Waals surface area contributed by atoms with Crippen molar-refractivity contribution in [1.82, 2.24) is 14.8 Å². The minimum absolute atomic E-state index is 0.461. The molecule has 0 saturated carbocycles. The second-order valence-corrected chi connectivity index (χ2v) is 4.92. The van der Waals surface area contributed by atoms with E-state index in [2.05, 4.69) is 34.8 Å². The van der Waals surface area contributed by atoms with Crippen molar-refractivity contribution in [3.05, 3.63) is 30.1 Å². The fourth-order valence-electron chi connectivity index (χ4n) is 2.45. The van der Waals surface area contributed by atoms with E-state index in [-0.39, 0.29) is 0 Å². The molecule has 2 atom stereocenters. The summed E-state index contributed by atoms with van der Waals surface area (Å²) >= 11 is 0. The topological polar surface area (TPSA) is 45.4 Å². The molecular formula is C13H22N4. The third kappa shape index (κ3) is 3.03. The molecule has 2 rings (SSSR count). The molecule has 0 aromatic carbocycles. The fourth-order valence-corrected chi connectivity index (χ4v) is 2.45. The Morgan fingerprint density at radius 1 is 1.41 bits per heavy atom. The number of rotatable bonds is 3. The molecule has 2 heterocycles. The summed E-state index contributed by atoms with van der Waals surface area (Å²) in [6.45, 7) is 6.03. The monoisotopic (exact) mass is 234 g/mol. The molecule has 1 saturated heterocycles. The van der Waals surface area contributed by atoms with Crippen LogP contribution in [0.1, 0.15) is 12.6 Å². The predicted octanol–water partition coefficient (Wildman–Crippen LogP) is 0.545. The van der Waals surface area contributed by atoms with E-state index in [0.29, 0.717) is 12.1 Å². The Kier molecular flexibility index (Phi) is 4.10. The molecule has 0 spiro atoms. The first kappa shape index (κ1) is 12.5. The lowest BCUT2D eigenvalue weighted by Crippen LogP contribution is -2.58. The van der Waals surface area contributed by atoms with Gasteiger partial charge < -0.3 is 5.73 Å². The Labute approximate surface area is 103 Å². The summed E-state index contributed by atoms with van der Waals surface area (Å²) in [6, 6.07) is 7.10. The third-order valence-electron chi connectivity index (χ3n) is 3.65. The fraction of sp³-hybridized carbons (Fsp3) is 0.615. The van der Waals surface area contributed by atoms with Crippen molar-refractivity contribution in [2.24, 2.45) is 5.73 Å². The van der Waals surface area contributed by atoms with Crippen molar-refractivity contribution in [2.45, 2.75) is 25.6 Å². The van der Waals surface area contributed by atoms with Gasteiger partial charge in [0.1, 0.15) is 0 Å². The zero-order valence-electron chi connectivity index (χ0n) is 10.7. The van der Waals surface area contributed by atoms with E-state index in [1.807, 2.05) is 18.3 Å². The molecule has 1 aliphatic heterocycles. The van der Waals surface area contributed by atoms with E-state index in [9.17, 15) is 0 Å². The molecule has 94 valence electrons. The first-order valence-electron chi connectivity index (χ1n) is 6.25. The molecule has 17 heavy (non-hydrogen) atoms. The van der Waals surface area contributed by atoms with Gasteiger partial charge in [-0.25, -0.2) is 0 Å².